The van der Waals surface area contributed by atoms with Crippen LogP contribution in [0.5, 0.6) is 0 Å². The van der Waals surface area contributed by atoms with E-state index >= 15 is 0 Å². The third-order valence-corrected chi connectivity index (χ3v) is 13.1. The number of Topliss-reactive ketones (excluding diaryl/α,β-unsaturated/α-hetero) is 1. The Balaban J connectivity index is 1.42. The molecule has 2 heterocycles. The molecule has 5 amide bonds. The van der Waals surface area contributed by atoms with Gasteiger partial charge in [-0.25, -0.2) is 0 Å². The van der Waals surface area contributed by atoms with Crippen molar-refractivity contribution in [2.24, 2.45) is 5.92 Å². The molecule has 3 aliphatic rings. The van der Waals surface area contributed by atoms with Crippen molar-refractivity contribution in [2.45, 2.75) is 99.9 Å². The number of nitrogens with one attached hydrogen (secondary N) is 4. The second-order valence-corrected chi connectivity index (χ2v) is 17.1. The first-order chi connectivity index (χ1) is 23.9. The second kappa shape index (κ2) is 18.9. The zero-order chi connectivity index (χ0) is 36.3. The molecule has 4 atom stereocenters. The van der Waals surface area contributed by atoms with E-state index in [9.17, 15) is 28.8 Å². The molecular weight excluding hydrogens is 677 g/mol. The van der Waals surface area contributed by atoms with Gasteiger partial charge < -0.3 is 26.2 Å². The van der Waals surface area contributed by atoms with Gasteiger partial charge in [-0.2, -0.15) is 0 Å². The predicted molar refractivity (Wildman–Crippen MR) is 197 cm³/mol. The van der Waals surface area contributed by atoms with Gasteiger partial charge in [0, 0.05) is 40.2 Å². The maximum Gasteiger partial charge on any atom is 0.290 e. The summed E-state index contributed by atoms with van der Waals surface area (Å²) in [4.78, 5) is 82.1. The number of carbonyl (C=O) groups is 6. The molecule has 1 aliphatic carbocycles. The van der Waals surface area contributed by atoms with Crippen LogP contribution in [0.3, 0.4) is 0 Å². The number of likely N-dealkylation sites (N-methyl/N-ethyl adjacent to an activating group) is 1. The normalized spacial score (nSPS) is 21.0. The van der Waals surface area contributed by atoms with Gasteiger partial charge in [-0.05, 0) is 55.1 Å². The molecule has 1 saturated carbocycles. The fourth-order valence-electron chi connectivity index (χ4n) is 7.18. The van der Waals surface area contributed by atoms with E-state index in [0.717, 1.165) is 43.6 Å². The average molecular weight is 731 g/mol. The molecule has 2 saturated heterocycles. The minimum absolute atomic E-state index is 0.0728. The van der Waals surface area contributed by atoms with Crippen LogP contribution in [0.4, 0.5) is 0 Å². The lowest BCUT2D eigenvalue weighted by molar-refractivity contribution is -0.141. The summed E-state index contributed by atoms with van der Waals surface area (Å²) >= 11 is 3.78. The molecule has 2 aliphatic heterocycles. The summed E-state index contributed by atoms with van der Waals surface area (Å²) in [6.07, 6.45) is 8.08. The highest BCUT2D eigenvalue weighted by atomic mass is 32.2. The molecule has 4 N–H and O–H groups in total. The van der Waals surface area contributed by atoms with Crippen molar-refractivity contribution >= 4 is 58.8 Å². The first kappa shape index (κ1) is 39.7. The number of carbonyl (C=O) groups excluding carboxylic acids is 6. The largest absolute Gasteiger partial charge is 0.352 e. The van der Waals surface area contributed by atoms with Gasteiger partial charge in [0.2, 0.25) is 29.4 Å². The summed E-state index contributed by atoms with van der Waals surface area (Å²) in [6.45, 7) is 4.15. The molecule has 4 rings (SSSR count). The average Bonchev–Trinajstić information content (AvgIpc) is 3.45. The monoisotopic (exact) mass is 730 g/mol. The summed E-state index contributed by atoms with van der Waals surface area (Å²) < 4.78 is -0.145. The predicted octanol–water partition coefficient (Wildman–Crippen LogP) is 2.63. The van der Waals surface area contributed by atoms with Crippen LogP contribution in [0.25, 0.3) is 0 Å². The molecular formula is C36H54N6O6S2. The molecule has 1 spiro atoms. The molecule has 50 heavy (non-hydrogen) atoms. The lowest BCUT2D eigenvalue weighted by atomic mass is 9.83. The van der Waals surface area contributed by atoms with Crippen LogP contribution in [0, 0.1) is 5.92 Å². The molecule has 3 unspecified atom stereocenters. The number of rotatable bonds is 15. The Bertz CT molecular complexity index is 1350. The van der Waals surface area contributed by atoms with E-state index in [1.54, 1.807) is 51.4 Å². The van der Waals surface area contributed by atoms with Crippen molar-refractivity contribution in [1.82, 2.24) is 31.1 Å². The van der Waals surface area contributed by atoms with Crippen LogP contribution in [0.1, 0.15) is 83.2 Å². The first-order valence-corrected chi connectivity index (χ1v) is 19.9. The van der Waals surface area contributed by atoms with Gasteiger partial charge in [0.25, 0.3) is 5.91 Å². The smallest absolute Gasteiger partial charge is 0.290 e. The molecule has 1 aromatic carbocycles. The number of likely N-dealkylation sites (tertiary alicyclic amines) is 1. The maximum atomic E-state index is 14.1. The Morgan fingerprint density at radius 2 is 1.62 bits per heavy atom. The van der Waals surface area contributed by atoms with Crippen molar-refractivity contribution in [3.05, 3.63) is 35.9 Å². The molecule has 276 valence electrons. The number of ketones is 1. The van der Waals surface area contributed by atoms with Gasteiger partial charge in [0.1, 0.15) is 6.04 Å². The van der Waals surface area contributed by atoms with E-state index in [1.807, 2.05) is 30.4 Å². The van der Waals surface area contributed by atoms with Gasteiger partial charge in [-0.1, -0.05) is 62.9 Å². The van der Waals surface area contributed by atoms with Crippen LogP contribution in [-0.4, -0.2) is 113 Å². The Kier molecular flexibility index (Phi) is 15.0. The summed E-state index contributed by atoms with van der Waals surface area (Å²) in [7, 11) is 3.17. The topological polar surface area (TPSA) is 157 Å². The van der Waals surface area contributed by atoms with E-state index < -0.39 is 42.3 Å². The quantitative estimate of drug-likeness (QED) is 0.199. The fourth-order valence-corrected chi connectivity index (χ4v) is 10.6. The number of amides is 5. The van der Waals surface area contributed by atoms with Gasteiger partial charge in [0.15, 0.2) is 0 Å². The lowest BCUT2D eigenvalue weighted by Gasteiger charge is -2.36. The molecule has 3 fully saturated rings. The third-order valence-electron chi connectivity index (χ3n) is 9.72. The highest BCUT2D eigenvalue weighted by Crippen LogP contribution is 2.50. The van der Waals surface area contributed by atoms with E-state index in [2.05, 4.69) is 26.2 Å². The summed E-state index contributed by atoms with van der Waals surface area (Å²) in [6, 6.07) is 6.16. The van der Waals surface area contributed by atoms with Crippen LogP contribution in [0.2, 0.25) is 0 Å². The number of hydrogen-bond acceptors (Lipinski definition) is 9. The Morgan fingerprint density at radius 3 is 2.24 bits per heavy atom. The summed E-state index contributed by atoms with van der Waals surface area (Å²) in [5.41, 5.74) is 0.586. The fraction of sp³-hybridized carbons (Fsp3) is 0.667. The van der Waals surface area contributed by atoms with Crippen molar-refractivity contribution in [3.63, 3.8) is 0 Å². The zero-order valence-electron chi connectivity index (χ0n) is 29.8. The molecule has 12 nitrogen and oxygen atoms in total. The van der Waals surface area contributed by atoms with Gasteiger partial charge >= 0.3 is 0 Å². The minimum atomic E-state index is -1.06. The first-order valence-electron chi connectivity index (χ1n) is 17.9. The standard InChI is InChI=1S/C36H54N6O6S2/c1-5-13-27(32(45)34(47)37-21-30(44)40-31(35(48)41(3)4)26-16-10-7-11-17-26)39-33(46)29-20-36(49-18-12-19-50-36)23-42(29)22-28(38-24(2)43)25-14-8-6-9-15-25/h7,10-11,16-17,25,27-29,31H,5-6,8-9,12-15,18-23H2,1-4H3,(H,37,47)(H,38,43)(H,39,46)(H,40,44)/t27?,28?,29-,31?/m0/s1. The van der Waals surface area contributed by atoms with Crippen molar-refractivity contribution < 1.29 is 28.8 Å². The van der Waals surface area contributed by atoms with Gasteiger partial charge in [-0.15, -0.1) is 23.5 Å². The number of nitrogens with zero attached hydrogens (tertiary/aromatic N) is 2. The van der Waals surface area contributed by atoms with Crippen molar-refractivity contribution in [3.8, 4) is 0 Å². The molecule has 0 bridgehead atoms. The molecule has 0 aromatic heterocycles. The van der Waals surface area contributed by atoms with Crippen molar-refractivity contribution in [1.29, 1.82) is 0 Å². The maximum absolute atomic E-state index is 14.1. The molecule has 1 aromatic rings. The van der Waals surface area contributed by atoms with E-state index in [4.69, 9.17) is 0 Å². The summed E-state index contributed by atoms with van der Waals surface area (Å²) in [5, 5.41) is 11.1. The third kappa shape index (κ3) is 10.9. The van der Waals surface area contributed by atoms with Gasteiger partial charge in [0.05, 0.1) is 22.7 Å². The van der Waals surface area contributed by atoms with E-state index in [-0.39, 0.29) is 34.3 Å². The Hall–Kier alpha value is -3.10. The number of thioether (sulfide) groups is 2. The lowest BCUT2D eigenvalue weighted by Crippen LogP contribution is -2.55. The minimum Gasteiger partial charge on any atom is -0.352 e. The number of hydrogen-bond donors (Lipinski definition) is 4. The van der Waals surface area contributed by atoms with Crippen LogP contribution in [0.15, 0.2) is 30.3 Å². The highest BCUT2D eigenvalue weighted by Gasteiger charge is 2.50. The summed E-state index contributed by atoms with van der Waals surface area (Å²) in [5.74, 6) is -0.765. The SMILES string of the molecule is CCCC(NC(=O)[C@@H]1CC2(CN1CC(NC(C)=O)C1CCCCC1)SCCCS2)C(=O)C(=O)NCC(=O)NC(C(=O)N(C)C)c1ccccc1. The Morgan fingerprint density at radius 1 is 0.940 bits per heavy atom. The van der Waals surface area contributed by atoms with Crippen LogP contribution in [-0.2, 0) is 28.8 Å². The highest BCUT2D eigenvalue weighted by molar-refractivity contribution is 8.18. The van der Waals surface area contributed by atoms with Crippen LogP contribution >= 0.6 is 23.5 Å². The molecule has 14 heteroatoms. The van der Waals surface area contributed by atoms with E-state index in [0.29, 0.717) is 37.4 Å². The van der Waals surface area contributed by atoms with Gasteiger partial charge in [-0.3, -0.25) is 33.7 Å². The van der Waals surface area contributed by atoms with Crippen molar-refractivity contribution in [2.75, 3.05) is 45.2 Å². The Labute approximate surface area is 304 Å². The number of benzene rings is 1. The molecule has 0 radical (unpaired) electrons. The zero-order valence-corrected chi connectivity index (χ0v) is 31.5. The van der Waals surface area contributed by atoms with Crippen LogP contribution < -0.4 is 21.3 Å². The second-order valence-electron chi connectivity index (χ2n) is 13.9. The van der Waals surface area contributed by atoms with E-state index in [1.165, 1.54) is 11.3 Å².